The lowest BCUT2D eigenvalue weighted by molar-refractivity contribution is 0.0616. The number of aromatic amines is 1. The van der Waals surface area contributed by atoms with Crippen LogP contribution in [0.5, 0.6) is 0 Å². The zero-order chi connectivity index (χ0) is 11.4. The van der Waals surface area contributed by atoms with Gasteiger partial charge < -0.3 is 10.1 Å². The van der Waals surface area contributed by atoms with Gasteiger partial charge >= 0.3 is 0 Å². The van der Waals surface area contributed by atoms with Crippen LogP contribution in [0.1, 0.15) is 31.2 Å². The summed E-state index contributed by atoms with van der Waals surface area (Å²) in [6.45, 7) is 2.05. The zero-order valence-electron chi connectivity index (χ0n) is 9.35. The summed E-state index contributed by atoms with van der Waals surface area (Å²) in [6.07, 6.45) is 4.95. The molecule has 2 N–H and O–H groups in total. The Morgan fingerprint density at radius 2 is 2.06 bits per heavy atom. The van der Waals surface area contributed by atoms with Crippen molar-refractivity contribution in [1.29, 1.82) is 0 Å². The predicted molar refractivity (Wildman–Crippen MR) is 62.9 cm³/mol. The molecule has 1 aromatic carbocycles. The first-order valence-electron chi connectivity index (χ1n) is 5.55. The first kappa shape index (κ1) is 10.9. The van der Waals surface area contributed by atoms with E-state index in [4.69, 9.17) is 0 Å². The Labute approximate surface area is 95.2 Å². The number of nitrogens with one attached hydrogen (secondary N) is 1. The molecule has 0 aliphatic heterocycles. The van der Waals surface area contributed by atoms with E-state index in [0.29, 0.717) is 12.2 Å². The second-order valence-corrected chi connectivity index (χ2v) is 3.91. The Kier molecular flexibility index (Phi) is 3.06. The molecule has 2 rings (SSSR count). The fourth-order valence-electron chi connectivity index (χ4n) is 1.97. The van der Waals surface area contributed by atoms with Crippen LogP contribution in [0.4, 0.5) is 0 Å². The van der Waals surface area contributed by atoms with Gasteiger partial charge in [-0.1, -0.05) is 43.7 Å². The van der Waals surface area contributed by atoms with E-state index in [0.717, 1.165) is 12.0 Å². The second-order valence-electron chi connectivity index (χ2n) is 3.91. The molecule has 3 nitrogen and oxygen atoms in total. The van der Waals surface area contributed by atoms with Crippen LogP contribution in [0.2, 0.25) is 0 Å². The van der Waals surface area contributed by atoms with E-state index in [1.807, 2.05) is 30.3 Å². The van der Waals surface area contributed by atoms with Gasteiger partial charge in [-0.2, -0.15) is 0 Å². The quantitative estimate of drug-likeness (QED) is 0.824. The molecule has 1 unspecified atom stereocenters. The van der Waals surface area contributed by atoms with Crippen molar-refractivity contribution < 1.29 is 5.11 Å². The predicted octanol–water partition coefficient (Wildman–Crippen LogP) is 2.45. The molecule has 0 aliphatic rings. The molecule has 0 saturated carbocycles. The maximum absolute atomic E-state index is 10.7. The highest BCUT2D eigenvalue weighted by Crippen LogP contribution is 2.31. The summed E-state index contributed by atoms with van der Waals surface area (Å²) in [4.78, 5) is 7.18. The molecule has 0 fully saturated rings. The highest BCUT2D eigenvalue weighted by molar-refractivity contribution is 5.28. The molecule has 3 heteroatoms. The number of aliphatic hydroxyl groups is 1. The third-order valence-corrected chi connectivity index (χ3v) is 2.75. The second kappa shape index (κ2) is 4.49. The molecule has 1 atom stereocenters. The van der Waals surface area contributed by atoms with E-state index in [-0.39, 0.29) is 0 Å². The van der Waals surface area contributed by atoms with Gasteiger partial charge in [-0.3, -0.25) is 0 Å². The van der Waals surface area contributed by atoms with Crippen LogP contribution >= 0.6 is 0 Å². The van der Waals surface area contributed by atoms with Gasteiger partial charge in [-0.15, -0.1) is 0 Å². The fraction of sp³-hybridized carbons (Fsp3) is 0.308. The topological polar surface area (TPSA) is 48.9 Å². The normalized spacial score (nSPS) is 14.6. The summed E-state index contributed by atoms with van der Waals surface area (Å²) < 4.78 is 0. The van der Waals surface area contributed by atoms with Crippen molar-refractivity contribution in [2.24, 2.45) is 0 Å². The average molecular weight is 216 g/mol. The van der Waals surface area contributed by atoms with Crippen molar-refractivity contribution in [1.82, 2.24) is 9.97 Å². The van der Waals surface area contributed by atoms with Crippen molar-refractivity contribution in [2.75, 3.05) is 0 Å². The van der Waals surface area contributed by atoms with Crippen LogP contribution in [-0.4, -0.2) is 15.1 Å². The van der Waals surface area contributed by atoms with E-state index in [1.165, 1.54) is 0 Å². The Morgan fingerprint density at radius 3 is 2.62 bits per heavy atom. The summed E-state index contributed by atoms with van der Waals surface area (Å²) in [5.74, 6) is 0.612. The minimum absolute atomic E-state index is 0.612. The SMILES string of the molecule is CCCC(O)(c1ccccc1)c1ncc[nH]1. The van der Waals surface area contributed by atoms with Crippen molar-refractivity contribution in [3.8, 4) is 0 Å². The highest BCUT2D eigenvalue weighted by Gasteiger charge is 2.32. The molecular weight excluding hydrogens is 200 g/mol. The summed E-state index contributed by atoms with van der Waals surface area (Å²) in [7, 11) is 0. The zero-order valence-corrected chi connectivity index (χ0v) is 9.35. The van der Waals surface area contributed by atoms with E-state index >= 15 is 0 Å². The monoisotopic (exact) mass is 216 g/mol. The largest absolute Gasteiger partial charge is 0.377 e. The summed E-state index contributed by atoms with van der Waals surface area (Å²) in [5, 5.41) is 10.7. The number of nitrogens with zero attached hydrogens (tertiary/aromatic N) is 1. The van der Waals surface area contributed by atoms with Gasteiger partial charge in [0.2, 0.25) is 0 Å². The van der Waals surface area contributed by atoms with Gasteiger partial charge in [0.25, 0.3) is 0 Å². The number of H-pyrrole nitrogens is 1. The minimum Gasteiger partial charge on any atom is -0.377 e. The molecule has 1 heterocycles. The van der Waals surface area contributed by atoms with Crippen LogP contribution in [0, 0.1) is 0 Å². The lowest BCUT2D eigenvalue weighted by Gasteiger charge is -2.26. The van der Waals surface area contributed by atoms with Gasteiger partial charge in [-0.05, 0) is 12.0 Å². The average Bonchev–Trinajstić information content (AvgIpc) is 2.84. The number of rotatable bonds is 4. The maximum Gasteiger partial charge on any atom is 0.147 e. The van der Waals surface area contributed by atoms with Crippen molar-refractivity contribution in [3.63, 3.8) is 0 Å². The van der Waals surface area contributed by atoms with Crippen molar-refractivity contribution in [3.05, 3.63) is 54.1 Å². The highest BCUT2D eigenvalue weighted by atomic mass is 16.3. The molecular formula is C13H16N2O. The number of aromatic nitrogens is 2. The van der Waals surface area contributed by atoms with Crippen LogP contribution in [-0.2, 0) is 5.60 Å². The number of hydrogen-bond donors (Lipinski definition) is 2. The fourth-order valence-corrected chi connectivity index (χ4v) is 1.97. The molecule has 16 heavy (non-hydrogen) atoms. The molecule has 84 valence electrons. The first-order chi connectivity index (χ1) is 7.77. The third-order valence-electron chi connectivity index (χ3n) is 2.75. The Balaban J connectivity index is 2.44. The van der Waals surface area contributed by atoms with Crippen molar-refractivity contribution in [2.45, 2.75) is 25.4 Å². The van der Waals surface area contributed by atoms with Crippen LogP contribution < -0.4 is 0 Å². The molecule has 0 radical (unpaired) electrons. The Morgan fingerprint density at radius 1 is 1.31 bits per heavy atom. The van der Waals surface area contributed by atoms with Crippen LogP contribution in [0.25, 0.3) is 0 Å². The van der Waals surface area contributed by atoms with Crippen molar-refractivity contribution >= 4 is 0 Å². The van der Waals surface area contributed by atoms with Crippen LogP contribution in [0.3, 0.4) is 0 Å². The van der Waals surface area contributed by atoms with E-state index < -0.39 is 5.60 Å². The Bertz CT molecular complexity index is 424. The minimum atomic E-state index is -1.00. The summed E-state index contributed by atoms with van der Waals surface area (Å²) in [6, 6.07) is 9.66. The van der Waals surface area contributed by atoms with Gasteiger partial charge in [-0.25, -0.2) is 4.98 Å². The van der Waals surface area contributed by atoms with E-state index in [9.17, 15) is 5.11 Å². The van der Waals surface area contributed by atoms with Crippen LogP contribution in [0.15, 0.2) is 42.7 Å². The molecule has 0 aliphatic carbocycles. The van der Waals surface area contributed by atoms with Gasteiger partial charge in [0, 0.05) is 12.4 Å². The number of benzene rings is 1. The summed E-state index contributed by atoms with van der Waals surface area (Å²) >= 11 is 0. The lowest BCUT2D eigenvalue weighted by Crippen LogP contribution is -2.28. The van der Waals surface area contributed by atoms with Gasteiger partial charge in [0.1, 0.15) is 11.4 Å². The molecule has 0 amide bonds. The third kappa shape index (κ3) is 1.86. The number of hydrogen-bond acceptors (Lipinski definition) is 2. The molecule has 0 spiro atoms. The smallest absolute Gasteiger partial charge is 0.147 e. The molecule has 1 aromatic heterocycles. The number of imidazole rings is 1. The first-order valence-corrected chi connectivity index (χ1v) is 5.55. The summed E-state index contributed by atoms with van der Waals surface area (Å²) in [5.41, 5.74) is -0.119. The molecule has 2 aromatic rings. The van der Waals surface area contributed by atoms with Gasteiger partial charge in [0.05, 0.1) is 0 Å². The van der Waals surface area contributed by atoms with E-state index in [2.05, 4.69) is 16.9 Å². The maximum atomic E-state index is 10.7. The lowest BCUT2D eigenvalue weighted by atomic mass is 9.88. The van der Waals surface area contributed by atoms with Gasteiger partial charge in [0.15, 0.2) is 0 Å². The van der Waals surface area contributed by atoms with E-state index in [1.54, 1.807) is 12.4 Å². The molecule has 0 bridgehead atoms. The Hall–Kier alpha value is -1.61. The standard InChI is InChI=1S/C13H16N2O/c1-2-8-13(16,12-14-9-10-15-12)11-6-4-3-5-7-11/h3-7,9-10,16H,2,8H2,1H3,(H,14,15). The molecule has 0 saturated heterocycles.